The molecule has 5 nitrogen and oxygen atoms in total. The number of para-hydroxylation sites is 1. The first-order valence-corrected chi connectivity index (χ1v) is 15.4. The zero-order chi connectivity index (χ0) is 29.6. The van der Waals surface area contributed by atoms with Gasteiger partial charge in [0.1, 0.15) is 0 Å². The summed E-state index contributed by atoms with van der Waals surface area (Å²) in [4.78, 5) is 13.9. The van der Waals surface area contributed by atoms with Crippen LogP contribution in [0, 0.1) is 19.1 Å². The van der Waals surface area contributed by atoms with Crippen LogP contribution >= 0.6 is 0 Å². The first-order valence-electron chi connectivity index (χ1n) is 15.4. The quantitative estimate of drug-likeness (QED) is 0.168. The van der Waals surface area contributed by atoms with Gasteiger partial charge in [-0.1, -0.05) is 53.6 Å². The molecule has 0 unspecified atom stereocenters. The number of nitrogens with zero attached hydrogens (tertiary/aromatic N) is 4. The van der Waals surface area contributed by atoms with Gasteiger partial charge in [0.25, 0.3) is 0 Å². The van der Waals surface area contributed by atoms with E-state index in [1.807, 2.05) is 49.5 Å². The van der Waals surface area contributed by atoms with Crippen LogP contribution in [0.4, 0.5) is 0 Å². The van der Waals surface area contributed by atoms with Crippen molar-refractivity contribution in [1.29, 1.82) is 0 Å². The molecule has 9 rings (SSSR count). The third-order valence-corrected chi connectivity index (χ3v) is 9.03. The Kier molecular flexibility index (Phi) is 7.95. The molecule has 0 N–H and O–H groups in total. The standard InChI is InChI=1S/C22H19N2O.C17H13N2.Ir/c1-14-9-10-18-17-7-4-8-19(21(17)25-22(18)24-14)20-13-16(11-12-23-20)15-5-2-3-6-15;1-12-10-11-19-16-14(12)8-5-9-15(16)18-17(19)13-6-3-2-4-7-13;/h4,7,9-13,15H,2-3,5-6H2,1H3;2-6,8-10H,11H2,1H3;/q2*-1;. The molecule has 1 radical (unpaired) electrons. The number of aromatic nitrogens is 4. The number of pyridine rings is 2. The molecule has 2 aliphatic rings. The summed E-state index contributed by atoms with van der Waals surface area (Å²) in [6, 6.07) is 33.4. The molecule has 0 atom stereocenters. The smallest absolute Gasteiger partial charge is 0.216 e. The topological polar surface area (TPSA) is 56.7 Å². The summed E-state index contributed by atoms with van der Waals surface area (Å²) in [6.07, 6.45) is 9.41. The van der Waals surface area contributed by atoms with Crippen LogP contribution in [0.5, 0.6) is 0 Å². The summed E-state index contributed by atoms with van der Waals surface area (Å²) in [7, 11) is 0. The number of aryl methyl sites for hydroxylation is 1. The van der Waals surface area contributed by atoms with Crippen molar-refractivity contribution in [2.45, 2.75) is 52.0 Å². The van der Waals surface area contributed by atoms with E-state index in [2.05, 4.69) is 82.1 Å². The van der Waals surface area contributed by atoms with Crippen LogP contribution in [0.3, 0.4) is 0 Å². The Balaban J connectivity index is 0.000000146. The molecular weight excluding hydrogens is 733 g/mol. The predicted octanol–water partition coefficient (Wildman–Crippen LogP) is 9.73. The maximum atomic E-state index is 6.10. The second kappa shape index (κ2) is 12.2. The number of hydrogen-bond donors (Lipinski definition) is 0. The van der Waals surface area contributed by atoms with E-state index < -0.39 is 0 Å². The third-order valence-electron chi connectivity index (χ3n) is 9.03. The van der Waals surface area contributed by atoms with E-state index in [0.29, 0.717) is 11.6 Å². The Bertz CT molecular complexity index is 2190. The van der Waals surface area contributed by atoms with Crippen molar-refractivity contribution >= 4 is 38.7 Å². The molecular formula is C39H32IrN4O-2. The average molecular weight is 765 g/mol. The van der Waals surface area contributed by atoms with Gasteiger partial charge in [-0.25, -0.2) is 4.98 Å². The molecule has 5 heterocycles. The maximum Gasteiger partial charge on any atom is 0.216 e. The summed E-state index contributed by atoms with van der Waals surface area (Å²) in [5, 5.41) is 2.12. The van der Waals surface area contributed by atoms with E-state index >= 15 is 0 Å². The molecule has 45 heavy (non-hydrogen) atoms. The molecule has 6 heteroatoms. The number of benzene rings is 3. The molecule has 0 bridgehead atoms. The second-order valence-electron chi connectivity index (χ2n) is 11.8. The van der Waals surface area contributed by atoms with E-state index in [4.69, 9.17) is 9.40 Å². The van der Waals surface area contributed by atoms with Crippen LogP contribution in [0.15, 0.2) is 95.6 Å². The minimum absolute atomic E-state index is 0. The van der Waals surface area contributed by atoms with Gasteiger partial charge in [-0.2, -0.15) is 0 Å². The Labute approximate surface area is 276 Å². The molecule has 4 aromatic heterocycles. The summed E-state index contributed by atoms with van der Waals surface area (Å²) < 4.78 is 8.38. The molecule has 0 amide bonds. The van der Waals surface area contributed by atoms with Crippen molar-refractivity contribution in [2.75, 3.05) is 0 Å². The minimum Gasteiger partial charge on any atom is -0.486 e. The number of allylic oxidation sites excluding steroid dienone is 2. The monoisotopic (exact) mass is 765 g/mol. The zero-order valence-corrected chi connectivity index (χ0v) is 27.7. The van der Waals surface area contributed by atoms with E-state index in [-0.39, 0.29) is 20.1 Å². The van der Waals surface area contributed by atoms with E-state index in [1.165, 1.54) is 47.9 Å². The van der Waals surface area contributed by atoms with Crippen molar-refractivity contribution in [2.24, 2.45) is 0 Å². The van der Waals surface area contributed by atoms with Gasteiger partial charge in [0.2, 0.25) is 5.71 Å². The van der Waals surface area contributed by atoms with E-state index in [1.54, 1.807) is 0 Å². The number of rotatable bonds is 3. The molecule has 1 aliphatic carbocycles. The van der Waals surface area contributed by atoms with E-state index in [9.17, 15) is 0 Å². The fourth-order valence-electron chi connectivity index (χ4n) is 6.76. The van der Waals surface area contributed by atoms with Crippen LogP contribution in [-0.2, 0) is 26.7 Å². The molecule has 0 spiro atoms. The SMILES string of the molecule is CC1=CCn2c(-c3[c-]cccc3)nc3cccc1c32.Cc1ccc2c(n1)oc1c(-c3cc(C4CCCC4)ccn3)[c-]ccc12.[Ir]. The maximum absolute atomic E-state index is 6.10. The van der Waals surface area contributed by atoms with Gasteiger partial charge in [0.05, 0.1) is 22.4 Å². The first kappa shape index (κ1) is 29.3. The molecule has 0 saturated heterocycles. The molecule has 1 saturated carbocycles. The Morgan fingerprint density at radius 3 is 2.60 bits per heavy atom. The summed E-state index contributed by atoms with van der Waals surface area (Å²) >= 11 is 0. The van der Waals surface area contributed by atoms with Crippen LogP contribution in [-0.4, -0.2) is 19.5 Å². The number of fused-ring (bicyclic) bond motifs is 3. The third kappa shape index (κ3) is 5.32. The second-order valence-corrected chi connectivity index (χ2v) is 11.8. The van der Waals surface area contributed by atoms with Gasteiger partial charge in [-0.3, -0.25) is 4.98 Å². The normalized spacial score (nSPS) is 14.3. The molecule has 1 aliphatic heterocycles. The average Bonchev–Trinajstić information content (AvgIpc) is 3.82. The fourth-order valence-corrected chi connectivity index (χ4v) is 6.76. The minimum atomic E-state index is 0. The van der Waals surface area contributed by atoms with Crippen LogP contribution in [0.25, 0.3) is 61.3 Å². The van der Waals surface area contributed by atoms with Gasteiger partial charge in [-0.15, -0.1) is 54.1 Å². The van der Waals surface area contributed by atoms with Crippen molar-refractivity contribution < 1.29 is 24.5 Å². The predicted molar refractivity (Wildman–Crippen MR) is 177 cm³/mol. The molecule has 3 aromatic carbocycles. The van der Waals surface area contributed by atoms with Crippen molar-refractivity contribution in [3.63, 3.8) is 0 Å². The van der Waals surface area contributed by atoms with Crippen LogP contribution in [0.2, 0.25) is 0 Å². The van der Waals surface area contributed by atoms with Crippen molar-refractivity contribution in [3.8, 4) is 22.6 Å². The number of imidazole rings is 1. The Morgan fingerprint density at radius 2 is 1.76 bits per heavy atom. The zero-order valence-electron chi connectivity index (χ0n) is 25.3. The molecule has 7 aromatic rings. The van der Waals surface area contributed by atoms with Crippen molar-refractivity contribution in [3.05, 3.63) is 120 Å². The van der Waals surface area contributed by atoms with Crippen molar-refractivity contribution in [1.82, 2.24) is 19.5 Å². The van der Waals surface area contributed by atoms with Gasteiger partial charge in [0.15, 0.2) is 0 Å². The van der Waals surface area contributed by atoms with Gasteiger partial charge < -0.3 is 14.0 Å². The number of hydrogen-bond acceptors (Lipinski definition) is 4. The summed E-state index contributed by atoms with van der Waals surface area (Å²) in [5.41, 5.74) is 11.7. The van der Waals surface area contributed by atoms with Gasteiger partial charge in [0, 0.05) is 49.5 Å². The number of furan rings is 1. The largest absolute Gasteiger partial charge is 0.486 e. The first-order chi connectivity index (χ1) is 21.6. The molecule has 225 valence electrons. The van der Waals surface area contributed by atoms with E-state index in [0.717, 1.165) is 56.8 Å². The van der Waals surface area contributed by atoms with Crippen LogP contribution in [0.1, 0.15) is 55.3 Å². The molecule has 1 fully saturated rings. The fraction of sp³-hybridized carbons (Fsp3) is 0.205. The summed E-state index contributed by atoms with van der Waals surface area (Å²) in [6.45, 7) is 5.03. The Morgan fingerprint density at radius 1 is 0.867 bits per heavy atom. The van der Waals surface area contributed by atoms with Gasteiger partial charge in [-0.05, 0) is 68.1 Å². The van der Waals surface area contributed by atoms with Gasteiger partial charge >= 0.3 is 0 Å². The Hall–Kier alpha value is -4.38. The van der Waals surface area contributed by atoms with Crippen LogP contribution < -0.4 is 0 Å². The summed E-state index contributed by atoms with van der Waals surface area (Å²) in [5.74, 6) is 1.67.